The van der Waals surface area contributed by atoms with Crippen LogP contribution in [0.2, 0.25) is 5.02 Å². The minimum atomic E-state index is -1.80. The number of allylic oxidation sites excluding steroid dienone is 1. The number of hydrogen-bond donors (Lipinski definition) is 1. The zero-order chi connectivity index (χ0) is 14.5. The van der Waals surface area contributed by atoms with E-state index >= 15 is 0 Å². The first-order valence-electron chi connectivity index (χ1n) is 5.76. The summed E-state index contributed by atoms with van der Waals surface area (Å²) in [6.07, 6.45) is 1.31. The second-order valence-electron chi connectivity index (χ2n) is 3.93. The minimum Gasteiger partial charge on any atom is -0.480 e. The van der Waals surface area contributed by atoms with Gasteiger partial charge in [0.15, 0.2) is 5.41 Å². The van der Waals surface area contributed by atoms with E-state index in [0.717, 1.165) is 0 Å². The lowest BCUT2D eigenvalue weighted by Crippen LogP contribution is -2.44. The van der Waals surface area contributed by atoms with Crippen molar-refractivity contribution >= 4 is 23.5 Å². The van der Waals surface area contributed by atoms with Crippen LogP contribution < -0.4 is 0 Å². The van der Waals surface area contributed by atoms with Gasteiger partial charge < -0.3 is 9.84 Å². The molecule has 0 fully saturated rings. The van der Waals surface area contributed by atoms with Gasteiger partial charge in [0.05, 0.1) is 6.61 Å². The molecule has 0 aromatic heterocycles. The van der Waals surface area contributed by atoms with Gasteiger partial charge in [-0.25, -0.2) is 0 Å². The molecular formula is C14H15ClO4. The van der Waals surface area contributed by atoms with Crippen LogP contribution in [0.15, 0.2) is 36.9 Å². The number of benzene rings is 1. The van der Waals surface area contributed by atoms with Crippen LogP contribution in [0.1, 0.15) is 18.9 Å². The Morgan fingerprint density at radius 3 is 2.68 bits per heavy atom. The molecule has 0 heterocycles. The number of esters is 1. The molecule has 1 rings (SSSR count). The second-order valence-corrected chi connectivity index (χ2v) is 4.37. The molecule has 0 aliphatic rings. The topological polar surface area (TPSA) is 63.6 Å². The Balaban J connectivity index is 3.43. The lowest BCUT2D eigenvalue weighted by Gasteiger charge is -2.26. The van der Waals surface area contributed by atoms with Crippen LogP contribution in [-0.2, 0) is 19.7 Å². The van der Waals surface area contributed by atoms with Gasteiger partial charge in [0.25, 0.3) is 0 Å². The third kappa shape index (κ3) is 2.96. The highest BCUT2D eigenvalue weighted by Gasteiger charge is 2.48. The third-order valence-corrected chi connectivity index (χ3v) is 2.99. The molecule has 5 heteroatoms. The molecule has 0 bridgehead atoms. The molecule has 19 heavy (non-hydrogen) atoms. The molecule has 0 saturated carbocycles. The van der Waals surface area contributed by atoms with Gasteiger partial charge in [0.2, 0.25) is 0 Å². The summed E-state index contributed by atoms with van der Waals surface area (Å²) in [5, 5.41) is 9.86. The van der Waals surface area contributed by atoms with Gasteiger partial charge in [-0.1, -0.05) is 29.8 Å². The summed E-state index contributed by atoms with van der Waals surface area (Å²) in [7, 11) is 0. The monoisotopic (exact) mass is 282 g/mol. The number of ether oxygens (including phenoxy) is 1. The molecule has 102 valence electrons. The highest BCUT2D eigenvalue weighted by molar-refractivity contribution is 6.30. The molecule has 1 aromatic rings. The van der Waals surface area contributed by atoms with E-state index in [-0.39, 0.29) is 18.6 Å². The maximum absolute atomic E-state index is 12.1. The SMILES string of the molecule is C=CCC(C(=O)O)(C(=O)OCC)c1cccc(Cl)c1. The first kappa shape index (κ1) is 15.2. The molecule has 1 aromatic carbocycles. The first-order chi connectivity index (χ1) is 8.98. The fraction of sp³-hybridized carbons (Fsp3) is 0.286. The largest absolute Gasteiger partial charge is 0.480 e. The van der Waals surface area contributed by atoms with Crippen LogP contribution in [0.25, 0.3) is 0 Å². The van der Waals surface area contributed by atoms with Gasteiger partial charge in [-0.05, 0) is 31.0 Å². The molecule has 0 aliphatic heterocycles. The summed E-state index contributed by atoms with van der Waals surface area (Å²) in [6.45, 7) is 5.24. The number of hydrogen-bond acceptors (Lipinski definition) is 3. The van der Waals surface area contributed by atoms with Crippen LogP contribution in [-0.4, -0.2) is 23.7 Å². The van der Waals surface area contributed by atoms with Gasteiger partial charge in [-0.15, -0.1) is 6.58 Å². The summed E-state index contributed by atoms with van der Waals surface area (Å²) in [5.41, 5.74) is -1.52. The van der Waals surface area contributed by atoms with Crippen molar-refractivity contribution < 1.29 is 19.4 Å². The molecule has 0 radical (unpaired) electrons. The van der Waals surface area contributed by atoms with Gasteiger partial charge in [-0.3, -0.25) is 9.59 Å². The second kappa shape index (κ2) is 6.38. The molecule has 1 atom stereocenters. The number of halogens is 1. The van der Waals surface area contributed by atoms with Crippen molar-refractivity contribution in [2.75, 3.05) is 6.61 Å². The summed E-state index contributed by atoms with van der Waals surface area (Å²) in [5.74, 6) is -2.10. The number of carbonyl (C=O) groups is 2. The Morgan fingerprint density at radius 1 is 1.53 bits per heavy atom. The molecule has 1 N–H and O–H groups in total. The molecule has 0 aliphatic carbocycles. The van der Waals surface area contributed by atoms with Crippen molar-refractivity contribution in [3.05, 3.63) is 47.5 Å². The summed E-state index contributed by atoms with van der Waals surface area (Å²) < 4.78 is 4.90. The molecule has 0 saturated heterocycles. The maximum Gasteiger partial charge on any atom is 0.328 e. The number of aliphatic carboxylic acids is 1. The fourth-order valence-electron chi connectivity index (χ4n) is 1.84. The van der Waals surface area contributed by atoms with Crippen molar-refractivity contribution in [1.82, 2.24) is 0 Å². The Hall–Kier alpha value is -1.81. The van der Waals surface area contributed by atoms with E-state index in [1.165, 1.54) is 12.1 Å². The Bertz CT molecular complexity index is 498. The molecular weight excluding hydrogens is 268 g/mol. The van der Waals surface area contributed by atoms with E-state index in [0.29, 0.717) is 5.02 Å². The van der Waals surface area contributed by atoms with Crippen LogP contribution in [0.3, 0.4) is 0 Å². The van der Waals surface area contributed by atoms with Gasteiger partial charge in [0, 0.05) is 5.02 Å². The zero-order valence-electron chi connectivity index (χ0n) is 10.6. The van der Waals surface area contributed by atoms with E-state index < -0.39 is 17.4 Å². The Morgan fingerprint density at radius 2 is 2.21 bits per heavy atom. The van der Waals surface area contributed by atoms with Crippen LogP contribution in [0, 0.1) is 0 Å². The number of carboxylic acids is 1. The quantitative estimate of drug-likeness (QED) is 0.495. The predicted octanol–water partition coefficient (Wildman–Crippen LogP) is 2.80. The Kier molecular flexibility index (Phi) is 5.12. The van der Waals surface area contributed by atoms with Crippen LogP contribution in [0.5, 0.6) is 0 Å². The smallest absolute Gasteiger partial charge is 0.328 e. The van der Waals surface area contributed by atoms with Gasteiger partial charge in [-0.2, -0.15) is 0 Å². The predicted molar refractivity (Wildman–Crippen MR) is 72.2 cm³/mol. The van der Waals surface area contributed by atoms with Crippen molar-refractivity contribution in [1.29, 1.82) is 0 Å². The van der Waals surface area contributed by atoms with E-state index in [2.05, 4.69) is 6.58 Å². The lowest BCUT2D eigenvalue weighted by molar-refractivity contribution is -0.161. The van der Waals surface area contributed by atoms with Crippen LogP contribution >= 0.6 is 11.6 Å². The molecule has 4 nitrogen and oxygen atoms in total. The third-order valence-electron chi connectivity index (χ3n) is 2.76. The van der Waals surface area contributed by atoms with Crippen molar-refractivity contribution in [3.63, 3.8) is 0 Å². The highest BCUT2D eigenvalue weighted by atomic mass is 35.5. The van der Waals surface area contributed by atoms with Crippen molar-refractivity contribution in [2.24, 2.45) is 0 Å². The highest BCUT2D eigenvalue weighted by Crippen LogP contribution is 2.32. The van der Waals surface area contributed by atoms with E-state index in [9.17, 15) is 14.7 Å². The molecule has 0 amide bonds. The van der Waals surface area contributed by atoms with Crippen molar-refractivity contribution in [2.45, 2.75) is 18.8 Å². The van der Waals surface area contributed by atoms with E-state index in [1.807, 2.05) is 0 Å². The van der Waals surface area contributed by atoms with E-state index in [4.69, 9.17) is 16.3 Å². The van der Waals surface area contributed by atoms with Crippen LogP contribution in [0.4, 0.5) is 0 Å². The summed E-state index contributed by atoms with van der Waals surface area (Å²) >= 11 is 5.87. The summed E-state index contributed by atoms with van der Waals surface area (Å²) in [4.78, 5) is 23.8. The van der Waals surface area contributed by atoms with Crippen molar-refractivity contribution in [3.8, 4) is 0 Å². The first-order valence-corrected chi connectivity index (χ1v) is 6.14. The average molecular weight is 283 g/mol. The molecule has 1 unspecified atom stereocenters. The summed E-state index contributed by atoms with van der Waals surface area (Å²) in [6, 6.07) is 6.20. The number of rotatable bonds is 6. The molecule has 0 spiro atoms. The van der Waals surface area contributed by atoms with E-state index in [1.54, 1.807) is 25.1 Å². The Labute approximate surface area is 116 Å². The van der Waals surface area contributed by atoms with Gasteiger partial charge >= 0.3 is 11.9 Å². The lowest BCUT2D eigenvalue weighted by atomic mass is 9.77. The van der Waals surface area contributed by atoms with Gasteiger partial charge in [0.1, 0.15) is 0 Å². The fourth-order valence-corrected chi connectivity index (χ4v) is 2.03. The number of carboxylic acid groups (broad SMARTS) is 1. The zero-order valence-corrected chi connectivity index (χ0v) is 11.3. The average Bonchev–Trinajstić information content (AvgIpc) is 2.35. The minimum absolute atomic E-state index is 0.0679. The maximum atomic E-state index is 12.1. The standard InChI is InChI=1S/C14H15ClO4/c1-3-8-14(12(16)17,13(18)19-4-2)10-6-5-7-11(15)9-10/h3,5-7,9H,1,4,8H2,2H3,(H,16,17). The normalized spacial score (nSPS) is 13.4. The number of carbonyl (C=O) groups excluding carboxylic acids is 1.